The summed E-state index contributed by atoms with van der Waals surface area (Å²) >= 11 is 0. The van der Waals surface area contributed by atoms with E-state index in [1.807, 2.05) is 0 Å². The third-order valence-corrected chi connectivity index (χ3v) is 1.77. The van der Waals surface area contributed by atoms with Gasteiger partial charge < -0.3 is 4.90 Å². The molecule has 1 heterocycles. The zero-order chi connectivity index (χ0) is 10.9. The van der Waals surface area contributed by atoms with Crippen LogP contribution in [0.2, 0.25) is 0 Å². The van der Waals surface area contributed by atoms with Gasteiger partial charge in [0.25, 0.3) is 0 Å². The van der Waals surface area contributed by atoms with Gasteiger partial charge in [0.15, 0.2) is 0 Å². The Morgan fingerprint density at radius 3 is 2.40 bits per heavy atom. The standard InChI is InChI=1S/C10H9F3N.Y/c1-4-8-5-14(3)6-9(7(8)2)10(11,12)13;/h4-5H,1-2H2,3H3;/q-1;. The minimum absolute atomic E-state index is 0. The predicted octanol–water partition coefficient (Wildman–Crippen LogP) is 2.80. The van der Waals surface area contributed by atoms with Gasteiger partial charge in [-0.2, -0.15) is 13.2 Å². The van der Waals surface area contributed by atoms with E-state index in [-0.39, 0.29) is 38.3 Å². The Morgan fingerprint density at radius 1 is 1.47 bits per heavy atom. The molecule has 0 aromatic carbocycles. The van der Waals surface area contributed by atoms with Crippen molar-refractivity contribution >= 4 is 0 Å². The number of allylic oxidation sites excluding steroid dienone is 4. The minimum Gasteiger partial charge on any atom is -0.463 e. The molecule has 0 aromatic heterocycles. The molecular weight excluding hydrogens is 280 g/mol. The van der Waals surface area contributed by atoms with Gasteiger partial charge in [0.05, 0.1) is 0 Å². The van der Waals surface area contributed by atoms with Crippen molar-refractivity contribution < 1.29 is 45.9 Å². The molecule has 1 aliphatic rings. The predicted molar refractivity (Wildman–Crippen MR) is 48.0 cm³/mol. The molecule has 0 amide bonds. The first kappa shape index (κ1) is 14.7. The second-order valence-electron chi connectivity index (χ2n) is 2.86. The smallest absolute Gasteiger partial charge is 0.396 e. The van der Waals surface area contributed by atoms with E-state index in [1.165, 1.54) is 24.2 Å². The maximum absolute atomic E-state index is 12.4. The Kier molecular flexibility index (Phi) is 5.01. The molecule has 1 rings (SSSR count). The van der Waals surface area contributed by atoms with Crippen LogP contribution in [0.25, 0.3) is 0 Å². The molecule has 0 spiro atoms. The fourth-order valence-electron chi connectivity index (χ4n) is 1.12. The number of rotatable bonds is 1. The van der Waals surface area contributed by atoms with Crippen LogP contribution in [0.15, 0.2) is 42.2 Å². The monoisotopic (exact) mass is 289 g/mol. The maximum Gasteiger partial charge on any atom is 0.396 e. The van der Waals surface area contributed by atoms with Crippen molar-refractivity contribution in [3.63, 3.8) is 0 Å². The van der Waals surface area contributed by atoms with E-state index in [1.54, 1.807) is 0 Å². The van der Waals surface area contributed by atoms with E-state index in [2.05, 4.69) is 19.4 Å². The molecule has 1 aliphatic heterocycles. The zero-order valence-electron chi connectivity index (χ0n) is 8.23. The number of alkyl halides is 3. The Hall–Kier alpha value is -0.346. The van der Waals surface area contributed by atoms with Crippen molar-refractivity contribution in [2.45, 2.75) is 6.18 Å². The van der Waals surface area contributed by atoms with Gasteiger partial charge in [0.2, 0.25) is 0 Å². The summed E-state index contributed by atoms with van der Waals surface area (Å²) in [6, 6.07) is 0. The van der Waals surface area contributed by atoms with Crippen LogP contribution in [-0.2, 0) is 32.7 Å². The van der Waals surface area contributed by atoms with Gasteiger partial charge in [-0.25, -0.2) is 0 Å². The van der Waals surface area contributed by atoms with E-state index in [9.17, 15) is 13.2 Å². The van der Waals surface area contributed by atoms with Crippen molar-refractivity contribution in [3.8, 4) is 0 Å². The largest absolute Gasteiger partial charge is 0.463 e. The van der Waals surface area contributed by atoms with Crippen LogP contribution >= 0.6 is 0 Å². The topological polar surface area (TPSA) is 3.24 Å². The zero-order valence-corrected chi connectivity index (χ0v) is 11.1. The first-order valence-electron chi connectivity index (χ1n) is 3.84. The molecular formula is C10H9F3NY-. The van der Waals surface area contributed by atoms with Crippen LogP contribution in [0, 0.1) is 6.20 Å². The molecule has 5 heteroatoms. The molecule has 0 aliphatic carbocycles. The van der Waals surface area contributed by atoms with Crippen LogP contribution in [0.5, 0.6) is 0 Å². The summed E-state index contributed by atoms with van der Waals surface area (Å²) in [5.41, 5.74) is -0.582. The summed E-state index contributed by atoms with van der Waals surface area (Å²) in [6.45, 7) is 6.78. The molecule has 0 N–H and O–H groups in total. The van der Waals surface area contributed by atoms with Gasteiger partial charge in [-0.05, 0) is 12.6 Å². The summed E-state index contributed by atoms with van der Waals surface area (Å²) in [5.74, 6) is 0. The summed E-state index contributed by atoms with van der Waals surface area (Å²) < 4.78 is 37.3. The maximum atomic E-state index is 12.4. The molecule has 0 saturated carbocycles. The summed E-state index contributed by atoms with van der Waals surface area (Å²) in [4.78, 5) is 1.22. The van der Waals surface area contributed by atoms with Gasteiger partial charge >= 0.3 is 6.18 Å². The summed E-state index contributed by atoms with van der Waals surface area (Å²) in [6.07, 6.45) is 0.578. The fourth-order valence-corrected chi connectivity index (χ4v) is 1.12. The molecule has 0 bridgehead atoms. The number of hydrogen-bond acceptors (Lipinski definition) is 1. The molecule has 0 saturated heterocycles. The molecule has 1 nitrogen and oxygen atoms in total. The average molecular weight is 289 g/mol. The molecule has 15 heavy (non-hydrogen) atoms. The van der Waals surface area contributed by atoms with Crippen molar-refractivity contribution in [2.75, 3.05) is 7.05 Å². The normalized spacial score (nSPS) is 16.5. The SMILES string of the molecule is C=CC1=CN(C)[C-]=C(C(F)(F)F)C1=C.[Y]. The fraction of sp³-hybridized carbons (Fsp3) is 0.200. The molecule has 0 aromatic rings. The molecule has 0 unspecified atom stereocenters. The number of nitrogens with zero attached hydrogens (tertiary/aromatic N) is 1. The first-order chi connectivity index (χ1) is 6.36. The molecule has 0 atom stereocenters. The van der Waals surface area contributed by atoms with Crippen LogP contribution in [-0.4, -0.2) is 18.1 Å². The Labute approximate surface area is 112 Å². The van der Waals surface area contributed by atoms with Gasteiger partial charge in [0, 0.05) is 32.7 Å². The van der Waals surface area contributed by atoms with Crippen LogP contribution in [0.1, 0.15) is 0 Å². The molecule has 0 fully saturated rings. The van der Waals surface area contributed by atoms with E-state index in [4.69, 9.17) is 0 Å². The van der Waals surface area contributed by atoms with Crippen LogP contribution in [0.4, 0.5) is 13.2 Å². The Bertz CT molecular complexity index is 339. The third kappa shape index (κ3) is 3.31. The Morgan fingerprint density at radius 2 is 2.00 bits per heavy atom. The first-order valence-corrected chi connectivity index (χ1v) is 3.84. The van der Waals surface area contributed by atoms with Crippen molar-refractivity contribution in [3.05, 3.63) is 48.4 Å². The number of hydrogen-bond donors (Lipinski definition) is 0. The quantitative estimate of drug-likeness (QED) is 0.671. The summed E-state index contributed by atoms with van der Waals surface area (Å²) in [5, 5.41) is 0. The Balaban J connectivity index is 0.00000196. The van der Waals surface area contributed by atoms with Crippen LogP contribution in [0.3, 0.4) is 0 Å². The molecule has 1 radical (unpaired) electrons. The third-order valence-electron chi connectivity index (χ3n) is 1.77. The van der Waals surface area contributed by atoms with Gasteiger partial charge in [-0.3, -0.25) is 0 Å². The van der Waals surface area contributed by atoms with Crippen molar-refractivity contribution in [1.82, 2.24) is 4.90 Å². The second-order valence-corrected chi connectivity index (χ2v) is 2.86. The van der Waals surface area contributed by atoms with Crippen molar-refractivity contribution in [1.29, 1.82) is 0 Å². The summed E-state index contributed by atoms with van der Waals surface area (Å²) in [7, 11) is 1.47. The van der Waals surface area contributed by atoms with Crippen LogP contribution < -0.4 is 0 Å². The van der Waals surface area contributed by atoms with E-state index in [0.717, 1.165) is 0 Å². The van der Waals surface area contributed by atoms with Gasteiger partial charge in [-0.1, -0.05) is 18.5 Å². The van der Waals surface area contributed by atoms with Crippen molar-refractivity contribution in [2.24, 2.45) is 0 Å². The van der Waals surface area contributed by atoms with Gasteiger partial charge in [-0.15, -0.1) is 24.3 Å². The van der Waals surface area contributed by atoms with E-state index in [0.29, 0.717) is 5.57 Å². The second kappa shape index (κ2) is 5.13. The van der Waals surface area contributed by atoms with E-state index >= 15 is 0 Å². The number of halogens is 3. The average Bonchev–Trinajstić information content (AvgIpc) is 2.06. The minimum atomic E-state index is -4.42. The molecule has 79 valence electrons. The van der Waals surface area contributed by atoms with E-state index < -0.39 is 11.7 Å². The van der Waals surface area contributed by atoms with Gasteiger partial charge in [0.1, 0.15) is 0 Å².